The van der Waals surface area contributed by atoms with Gasteiger partial charge in [0.15, 0.2) is 0 Å². The maximum absolute atomic E-state index is 12.5. The predicted molar refractivity (Wildman–Crippen MR) is 324 cm³/mol. The molecular weight excluding hydrogens is 911 g/mol. The van der Waals surface area contributed by atoms with Gasteiger partial charge in [0, 0.05) is 12.8 Å². The van der Waals surface area contributed by atoms with Crippen LogP contribution in [0.15, 0.2) is 36.5 Å². The van der Waals surface area contributed by atoms with Crippen molar-refractivity contribution >= 4 is 11.9 Å². The minimum atomic E-state index is -0.845. The number of aliphatic hydroxyl groups excluding tert-OH is 2. The van der Waals surface area contributed by atoms with Crippen LogP contribution in [0.5, 0.6) is 0 Å². The number of amides is 1. The standard InChI is InChI=1S/C68H129NO5/c1-3-5-7-9-11-13-15-17-19-20-27-30-33-36-40-44-48-52-56-60-66(71)65(64-70)69-67(72)61-57-53-49-45-41-37-34-31-28-25-23-21-22-24-26-29-32-35-39-43-47-51-55-59-63-74-68(73)62-58-54-50-46-42-38-18-16-14-12-10-8-6-4-2/h10,12,16,18,56,60,65-66,70-71H,3-9,11,13-15,17,19-55,57-59,61-64H2,1-2H3,(H,69,72)/b12-10-,18-16-,60-56+. The van der Waals surface area contributed by atoms with Crippen molar-refractivity contribution < 1.29 is 24.5 Å². The van der Waals surface area contributed by atoms with Crippen LogP contribution in [0.3, 0.4) is 0 Å². The molecule has 0 aromatic rings. The van der Waals surface area contributed by atoms with Gasteiger partial charge in [0.05, 0.1) is 25.4 Å². The second-order valence-corrected chi connectivity index (χ2v) is 22.8. The number of ether oxygens (including phenoxy) is 1. The third-order valence-corrected chi connectivity index (χ3v) is 15.4. The van der Waals surface area contributed by atoms with Crippen LogP contribution >= 0.6 is 0 Å². The number of aliphatic hydroxyl groups is 2. The quantitative estimate of drug-likeness (QED) is 0.0320. The van der Waals surface area contributed by atoms with Crippen molar-refractivity contribution in [2.75, 3.05) is 13.2 Å². The van der Waals surface area contributed by atoms with Crippen LogP contribution in [0, 0.1) is 0 Å². The van der Waals surface area contributed by atoms with Crippen LogP contribution in [-0.2, 0) is 14.3 Å². The maximum atomic E-state index is 12.5. The fourth-order valence-corrected chi connectivity index (χ4v) is 10.3. The van der Waals surface area contributed by atoms with E-state index in [1.54, 1.807) is 6.08 Å². The number of carbonyl (C=O) groups is 2. The Morgan fingerprint density at radius 1 is 0.378 bits per heavy atom. The van der Waals surface area contributed by atoms with Gasteiger partial charge in [0.1, 0.15) is 0 Å². The van der Waals surface area contributed by atoms with E-state index in [2.05, 4.69) is 43.5 Å². The molecule has 0 aliphatic carbocycles. The number of allylic oxidation sites excluding steroid dienone is 5. The smallest absolute Gasteiger partial charge is 0.305 e. The molecule has 0 bridgehead atoms. The zero-order valence-electron chi connectivity index (χ0n) is 49.8. The van der Waals surface area contributed by atoms with E-state index in [1.807, 2.05) is 6.08 Å². The zero-order chi connectivity index (χ0) is 53.6. The average Bonchev–Trinajstić information content (AvgIpc) is 3.40. The van der Waals surface area contributed by atoms with E-state index in [1.165, 1.54) is 283 Å². The van der Waals surface area contributed by atoms with E-state index in [0.717, 1.165) is 51.4 Å². The van der Waals surface area contributed by atoms with Gasteiger partial charge in [-0.3, -0.25) is 9.59 Å². The van der Waals surface area contributed by atoms with Crippen LogP contribution in [0.25, 0.3) is 0 Å². The summed E-state index contributed by atoms with van der Waals surface area (Å²) in [6.45, 7) is 4.88. The molecular formula is C68H129NO5. The highest BCUT2D eigenvalue weighted by molar-refractivity contribution is 5.76. The molecule has 0 fully saturated rings. The van der Waals surface area contributed by atoms with Crippen molar-refractivity contribution in [1.29, 1.82) is 0 Å². The highest BCUT2D eigenvalue weighted by Crippen LogP contribution is 2.18. The first-order chi connectivity index (χ1) is 36.5. The summed E-state index contributed by atoms with van der Waals surface area (Å²) in [6, 6.07) is -0.628. The summed E-state index contributed by atoms with van der Waals surface area (Å²) < 4.78 is 5.48. The van der Waals surface area contributed by atoms with Crippen LogP contribution < -0.4 is 5.32 Å². The van der Waals surface area contributed by atoms with Gasteiger partial charge >= 0.3 is 5.97 Å². The molecule has 74 heavy (non-hydrogen) atoms. The number of hydrogen-bond acceptors (Lipinski definition) is 5. The molecule has 0 aromatic heterocycles. The van der Waals surface area contributed by atoms with Crippen molar-refractivity contribution in [2.45, 2.75) is 373 Å². The van der Waals surface area contributed by atoms with Gasteiger partial charge in [-0.15, -0.1) is 0 Å². The molecule has 2 atom stereocenters. The Balaban J connectivity index is 3.40. The van der Waals surface area contributed by atoms with Gasteiger partial charge < -0.3 is 20.3 Å². The van der Waals surface area contributed by atoms with E-state index in [-0.39, 0.29) is 18.5 Å². The first kappa shape index (κ1) is 72.1. The summed E-state index contributed by atoms with van der Waals surface area (Å²) in [7, 11) is 0. The molecule has 436 valence electrons. The molecule has 6 nitrogen and oxygen atoms in total. The average molecular weight is 1040 g/mol. The molecule has 0 aromatic carbocycles. The summed E-state index contributed by atoms with van der Waals surface area (Å²) in [6.07, 6.45) is 80.6. The fraction of sp³-hybridized carbons (Fsp3) is 0.882. The molecule has 6 heteroatoms. The molecule has 3 N–H and O–H groups in total. The third kappa shape index (κ3) is 59.3. The lowest BCUT2D eigenvalue weighted by Crippen LogP contribution is -2.45. The molecule has 2 unspecified atom stereocenters. The summed E-state index contributed by atoms with van der Waals surface area (Å²) in [5.41, 5.74) is 0. The molecule has 0 radical (unpaired) electrons. The normalized spacial score (nSPS) is 12.8. The maximum Gasteiger partial charge on any atom is 0.305 e. The zero-order valence-corrected chi connectivity index (χ0v) is 49.8. The SMILES string of the molecule is CCCC/C=C\C/C=C\CCCCCCCC(=O)OCCCCCCCCCCCCCCCCCCCCCCCCCCC(=O)NC(CO)C(O)/C=C/CCCCCCCCCCCCCCCCCCC. The fourth-order valence-electron chi connectivity index (χ4n) is 10.3. The van der Waals surface area contributed by atoms with Gasteiger partial charge in [-0.05, 0) is 57.8 Å². The Kier molecular flexibility index (Phi) is 62.0. The molecule has 0 spiro atoms. The Hall–Kier alpha value is -1.92. The highest BCUT2D eigenvalue weighted by atomic mass is 16.5. The third-order valence-electron chi connectivity index (χ3n) is 15.4. The number of carbonyl (C=O) groups excluding carboxylic acids is 2. The number of esters is 1. The van der Waals surface area contributed by atoms with Crippen LogP contribution in [0.1, 0.15) is 361 Å². The second kappa shape index (κ2) is 63.6. The molecule has 1 amide bonds. The Morgan fingerprint density at radius 2 is 0.689 bits per heavy atom. The van der Waals surface area contributed by atoms with Crippen molar-refractivity contribution in [1.82, 2.24) is 5.32 Å². The lowest BCUT2D eigenvalue weighted by atomic mass is 10.0. The van der Waals surface area contributed by atoms with E-state index in [9.17, 15) is 19.8 Å². The lowest BCUT2D eigenvalue weighted by Gasteiger charge is -2.20. The first-order valence-electron chi connectivity index (χ1n) is 33.3. The van der Waals surface area contributed by atoms with Gasteiger partial charge in [-0.1, -0.05) is 326 Å². The summed E-state index contributed by atoms with van der Waals surface area (Å²) >= 11 is 0. The summed E-state index contributed by atoms with van der Waals surface area (Å²) in [5, 5.41) is 23.2. The minimum Gasteiger partial charge on any atom is -0.466 e. The van der Waals surface area contributed by atoms with E-state index in [0.29, 0.717) is 19.4 Å². The van der Waals surface area contributed by atoms with Gasteiger partial charge in [-0.25, -0.2) is 0 Å². The van der Waals surface area contributed by atoms with E-state index >= 15 is 0 Å². The predicted octanol–water partition coefficient (Wildman–Crippen LogP) is 21.1. The summed E-state index contributed by atoms with van der Waals surface area (Å²) in [4.78, 5) is 24.6. The van der Waals surface area contributed by atoms with Crippen molar-refractivity contribution in [3.63, 3.8) is 0 Å². The first-order valence-corrected chi connectivity index (χ1v) is 33.3. The number of nitrogens with one attached hydrogen (secondary N) is 1. The number of rotatable bonds is 62. The Bertz CT molecular complexity index is 1200. The van der Waals surface area contributed by atoms with Crippen molar-refractivity contribution in [3.8, 4) is 0 Å². The van der Waals surface area contributed by atoms with Crippen LogP contribution in [0.2, 0.25) is 0 Å². The van der Waals surface area contributed by atoms with E-state index in [4.69, 9.17) is 4.74 Å². The topological polar surface area (TPSA) is 95.9 Å². The highest BCUT2D eigenvalue weighted by Gasteiger charge is 2.18. The molecule has 0 aliphatic rings. The Morgan fingerprint density at radius 3 is 1.07 bits per heavy atom. The molecule has 0 aliphatic heterocycles. The van der Waals surface area contributed by atoms with Gasteiger partial charge in [0.25, 0.3) is 0 Å². The number of hydrogen-bond donors (Lipinski definition) is 3. The largest absolute Gasteiger partial charge is 0.466 e. The minimum absolute atomic E-state index is 0.000577. The van der Waals surface area contributed by atoms with Gasteiger partial charge in [0.2, 0.25) is 5.91 Å². The van der Waals surface area contributed by atoms with Crippen LogP contribution in [-0.4, -0.2) is 47.4 Å². The molecule has 0 heterocycles. The Labute approximate surface area is 462 Å². The molecule has 0 saturated carbocycles. The van der Waals surface area contributed by atoms with Crippen molar-refractivity contribution in [3.05, 3.63) is 36.5 Å². The van der Waals surface area contributed by atoms with E-state index < -0.39 is 12.1 Å². The number of unbranched alkanes of at least 4 members (excludes halogenated alkanes) is 47. The summed E-state index contributed by atoms with van der Waals surface area (Å²) in [5.74, 6) is -0.0636. The monoisotopic (exact) mass is 1040 g/mol. The molecule has 0 rings (SSSR count). The molecule has 0 saturated heterocycles. The lowest BCUT2D eigenvalue weighted by molar-refractivity contribution is -0.143. The second-order valence-electron chi connectivity index (χ2n) is 22.8. The van der Waals surface area contributed by atoms with Crippen molar-refractivity contribution in [2.24, 2.45) is 0 Å². The van der Waals surface area contributed by atoms with Gasteiger partial charge in [-0.2, -0.15) is 0 Å². The van der Waals surface area contributed by atoms with Crippen LogP contribution in [0.4, 0.5) is 0 Å².